The minimum Gasteiger partial charge on any atom is -0.483 e. The molecule has 1 aromatic heterocycles. The van der Waals surface area contributed by atoms with E-state index in [1.54, 1.807) is 0 Å². The molecule has 0 fully saturated rings. The van der Waals surface area contributed by atoms with E-state index in [1.165, 1.54) is 12.7 Å². The average Bonchev–Trinajstić information content (AvgIpc) is 2.52. The highest BCUT2D eigenvalue weighted by Crippen LogP contribution is 2.10. The van der Waals surface area contributed by atoms with Crippen molar-refractivity contribution in [2.24, 2.45) is 4.99 Å². The lowest BCUT2D eigenvalue weighted by atomic mass is 10.5. The van der Waals surface area contributed by atoms with E-state index in [-0.39, 0.29) is 0 Å². The van der Waals surface area contributed by atoms with Crippen LogP contribution in [0.1, 0.15) is 12.6 Å². The number of H-pyrrole nitrogens is 1. The first-order valence-corrected chi connectivity index (χ1v) is 3.46. The highest BCUT2D eigenvalue weighted by molar-refractivity contribution is 5.56. The monoisotopic (exact) mass is 164 g/mol. The summed E-state index contributed by atoms with van der Waals surface area (Å²) >= 11 is 0. The summed E-state index contributed by atoms with van der Waals surface area (Å²) in [6.45, 7) is 2.40. The lowest BCUT2D eigenvalue weighted by molar-refractivity contribution is 0.344. The molecule has 0 amide bonds. The quantitative estimate of drug-likeness (QED) is 0.534. The van der Waals surface area contributed by atoms with E-state index in [0.717, 1.165) is 0 Å². The van der Waals surface area contributed by atoms with Crippen LogP contribution in [0.15, 0.2) is 11.3 Å². The molecule has 62 valence electrons. The second-order valence-corrected chi connectivity index (χ2v) is 1.90. The maximum Gasteiger partial charge on any atom is 0.191 e. The van der Waals surface area contributed by atoms with Gasteiger partial charge >= 0.3 is 0 Å². The molecular weight excluding hydrogens is 156 g/mol. The Kier molecular flexibility index (Phi) is 2.85. The van der Waals surface area contributed by atoms with E-state index >= 15 is 0 Å². The van der Waals surface area contributed by atoms with Crippen LogP contribution < -0.4 is 0 Å². The fourth-order valence-electron chi connectivity index (χ4n) is 0.629. The summed E-state index contributed by atoms with van der Waals surface area (Å²) in [5.74, 6) is 0.353. The fourth-order valence-corrected chi connectivity index (χ4v) is 0.629. The molecule has 1 N–H and O–H groups in total. The summed E-state index contributed by atoms with van der Waals surface area (Å²) in [6, 6.07) is 1.92. The summed E-state index contributed by atoms with van der Waals surface area (Å²) in [5, 5.41) is 8.53. The van der Waals surface area contributed by atoms with Crippen molar-refractivity contribution in [1.29, 1.82) is 5.26 Å². The molecule has 0 saturated heterocycles. The zero-order valence-electron chi connectivity index (χ0n) is 6.61. The number of hydrogen-bond acceptors (Lipinski definition) is 4. The summed E-state index contributed by atoms with van der Waals surface area (Å²) < 4.78 is 4.85. The smallest absolute Gasteiger partial charge is 0.191 e. The van der Waals surface area contributed by atoms with E-state index < -0.39 is 0 Å². The summed E-state index contributed by atoms with van der Waals surface area (Å²) in [6.07, 6.45) is 2.69. The van der Waals surface area contributed by atoms with Crippen LogP contribution >= 0.6 is 0 Å². The van der Waals surface area contributed by atoms with Crippen LogP contribution in [0.2, 0.25) is 0 Å². The molecule has 0 atom stereocenters. The molecule has 0 aliphatic carbocycles. The number of nitrogens with zero attached hydrogens (tertiary/aromatic N) is 3. The Balaban J connectivity index is 2.69. The summed E-state index contributed by atoms with van der Waals surface area (Å²) in [7, 11) is 0. The standard InChI is InChI=1S/C7H8N4O/c1-2-12-5-11-7-6(3-8)9-4-10-7/h4-5H,2H2,1H3,(H,9,10)/b11-5+. The van der Waals surface area contributed by atoms with Crippen LogP contribution in [0.4, 0.5) is 5.82 Å². The summed E-state index contributed by atoms with van der Waals surface area (Å²) in [5.41, 5.74) is 0.339. The second kappa shape index (κ2) is 4.13. The van der Waals surface area contributed by atoms with Gasteiger partial charge in [-0.1, -0.05) is 0 Å². The van der Waals surface area contributed by atoms with Crippen molar-refractivity contribution >= 4 is 12.2 Å². The van der Waals surface area contributed by atoms with Crippen LogP contribution in [0.5, 0.6) is 0 Å². The van der Waals surface area contributed by atoms with Crippen LogP contribution in [0.3, 0.4) is 0 Å². The lowest BCUT2D eigenvalue weighted by Crippen LogP contribution is -1.84. The highest BCUT2D eigenvalue weighted by atomic mass is 16.5. The molecule has 0 aliphatic rings. The maximum absolute atomic E-state index is 8.53. The molecule has 1 aromatic rings. The van der Waals surface area contributed by atoms with Gasteiger partial charge in [0.25, 0.3) is 0 Å². The van der Waals surface area contributed by atoms with Crippen LogP contribution in [0.25, 0.3) is 0 Å². The molecule has 0 saturated carbocycles. The fraction of sp³-hybridized carbons (Fsp3) is 0.286. The zero-order chi connectivity index (χ0) is 8.81. The predicted molar refractivity (Wildman–Crippen MR) is 43.1 cm³/mol. The molecule has 0 aromatic carbocycles. The third-order valence-electron chi connectivity index (χ3n) is 1.15. The number of ether oxygens (including phenoxy) is 1. The van der Waals surface area contributed by atoms with E-state index in [2.05, 4.69) is 15.0 Å². The number of hydrogen-bond donors (Lipinski definition) is 1. The van der Waals surface area contributed by atoms with Crippen molar-refractivity contribution in [3.63, 3.8) is 0 Å². The van der Waals surface area contributed by atoms with Gasteiger partial charge < -0.3 is 9.72 Å². The molecular formula is C7H8N4O. The van der Waals surface area contributed by atoms with Gasteiger partial charge in [0.05, 0.1) is 12.9 Å². The minimum atomic E-state index is 0.339. The Morgan fingerprint density at radius 2 is 2.75 bits per heavy atom. The Morgan fingerprint density at radius 3 is 3.42 bits per heavy atom. The molecule has 0 bridgehead atoms. The molecule has 1 rings (SSSR count). The van der Waals surface area contributed by atoms with Gasteiger partial charge in [-0.2, -0.15) is 10.3 Å². The SMILES string of the molecule is CCO/C=N/c1nc[nH]c1C#N. The van der Waals surface area contributed by atoms with Gasteiger partial charge in [-0.15, -0.1) is 0 Å². The van der Waals surface area contributed by atoms with E-state index in [1.807, 2.05) is 13.0 Å². The Labute approximate surface area is 69.7 Å². The number of aromatic nitrogens is 2. The zero-order valence-corrected chi connectivity index (χ0v) is 6.61. The van der Waals surface area contributed by atoms with Gasteiger partial charge in [0.2, 0.25) is 0 Å². The van der Waals surface area contributed by atoms with Crippen molar-refractivity contribution < 1.29 is 4.74 Å². The largest absolute Gasteiger partial charge is 0.483 e. The molecule has 12 heavy (non-hydrogen) atoms. The van der Waals surface area contributed by atoms with Gasteiger partial charge in [-0.05, 0) is 6.92 Å². The van der Waals surface area contributed by atoms with Crippen molar-refractivity contribution in [2.45, 2.75) is 6.92 Å². The van der Waals surface area contributed by atoms with E-state index in [9.17, 15) is 0 Å². The normalized spacial score (nSPS) is 10.0. The van der Waals surface area contributed by atoms with E-state index in [4.69, 9.17) is 10.00 Å². The van der Waals surface area contributed by atoms with Gasteiger partial charge in [-0.25, -0.2) is 4.98 Å². The Hall–Kier alpha value is -1.83. The molecule has 5 nitrogen and oxygen atoms in total. The van der Waals surface area contributed by atoms with Crippen LogP contribution in [-0.2, 0) is 4.74 Å². The first-order chi connectivity index (χ1) is 5.88. The number of aromatic amines is 1. The second-order valence-electron chi connectivity index (χ2n) is 1.90. The first kappa shape index (κ1) is 8.27. The molecule has 5 heteroatoms. The average molecular weight is 164 g/mol. The minimum absolute atomic E-state index is 0.339. The topological polar surface area (TPSA) is 74.1 Å². The number of nitriles is 1. The third kappa shape index (κ3) is 1.83. The molecule has 1 heterocycles. The maximum atomic E-state index is 8.53. The number of rotatable bonds is 3. The van der Waals surface area contributed by atoms with Crippen molar-refractivity contribution in [2.75, 3.05) is 6.61 Å². The van der Waals surface area contributed by atoms with Crippen LogP contribution in [0, 0.1) is 11.3 Å². The molecule has 0 radical (unpaired) electrons. The Morgan fingerprint density at radius 1 is 1.92 bits per heavy atom. The van der Waals surface area contributed by atoms with Gasteiger partial charge in [0, 0.05) is 0 Å². The summed E-state index contributed by atoms with van der Waals surface area (Å²) in [4.78, 5) is 10.3. The van der Waals surface area contributed by atoms with Crippen molar-refractivity contribution in [1.82, 2.24) is 9.97 Å². The third-order valence-corrected chi connectivity index (χ3v) is 1.15. The van der Waals surface area contributed by atoms with Gasteiger partial charge in [0.15, 0.2) is 17.9 Å². The molecule has 0 unspecified atom stereocenters. The number of nitrogens with one attached hydrogen (secondary N) is 1. The Bertz CT molecular complexity index is 309. The van der Waals surface area contributed by atoms with Crippen LogP contribution in [-0.4, -0.2) is 23.0 Å². The predicted octanol–water partition coefficient (Wildman–Crippen LogP) is 0.978. The molecule has 0 spiro atoms. The van der Waals surface area contributed by atoms with Gasteiger partial charge in [-0.3, -0.25) is 0 Å². The van der Waals surface area contributed by atoms with Crippen molar-refractivity contribution in [3.05, 3.63) is 12.0 Å². The first-order valence-electron chi connectivity index (χ1n) is 3.46. The van der Waals surface area contributed by atoms with Crippen molar-refractivity contribution in [3.8, 4) is 6.07 Å². The lowest BCUT2D eigenvalue weighted by Gasteiger charge is -1.89. The van der Waals surface area contributed by atoms with Gasteiger partial charge in [0.1, 0.15) is 6.07 Å². The molecule has 0 aliphatic heterocycles. The highest BCUT2D eigenvalue weighted by Gasteiger charge is 2.00. The number of imidazole rings is 1. The number of aliphatic imine (C=N–C) groups is 1. The van der Waals surface area contributed by atoms with E-state index in [0.29, 0.717) is 18.1 Å².